The van der Waals surface area contributed by atoms with E-state index in [2.05, 4.69) is 10.3 Å². The van der Waals surface area contributed by atoms with Gasteiger partial charge in [-0.05, 0) is 35.7 Å². The smallest absolute Gasteiger partial charge is 0.224 e. The summed E-state index contributed by atoms with van der Waals surface area (Å²) in [6.07, 6.45) is 2.10. The number of benzene rings is 1. The Morgan fingerprint density at radius 1 is 1.28 bits per heavy atom. The van der Waals surface area contributed by atoms with Crippen LogP contribution in [0.15, 0.2) is 48.8 Å². The quantitative estimate of drug-likeness (QED) is 0.755. The molecular formula is C19H22N2O4. The molecule has 6 nitrogen and oxygen atoms in total. The second-order valence-corrected chi connectivity index (χ2v) is 6.30. The number of nitrogens with one attached hydrogen (secondary N) is 1. The van der Waals surface area contributed by atoms with Crippen LogP contribution in [0.4, 0.5) is 0 Å². The Hall–Kier alpha value is -2.44. The van der Waals surface area contributed by atoms with Crippen molar-refractivity contribution in [2.75, 3.05) is 7.11 Å². The third kappa shape index (κ3) is 3.97. The molecule has 4 atom stereocenters. The van der Waals surface area contributed by atoms with Crippen molar-refractivity contribution in [1.82, 2.24) is 10.3 Å². The lowest BCUT2D eigenvalue weighted by Gasteiger charge is -2.23. The fraction of sp³-hybridized carbons (Fsp3) is 0.368. The topological polar surface area (TPSA) is 91.7 Å². The van der Waals surface area contributed by atoms with Crippen LogP contribution in [0.1, 0.15) is 23.5 Å². The number of pyridine rings is 1. The van der Waals surface area contributed by atoms with Crippen LogP contribution >= 0.6 is 0 Å². The zero-order valence-electron chi connectivity index (χ0n) is 14.0. The second-order valence-electron chi connectivity index (χ2n) is 6.30. The zero-order chi connectivity index (χ0) is 17.8. The second kappa shape index (κ2) is 7.63. The molecule has 0 saturated heterocycles. The summed E-state index contributed by atoms with van der Waals surface area (Å²) in [5.41, 5.74) is 1.75. The fourth-order valence-corrected chi connectivity index (χ4v) is 3.31. The molecule has 4 unspecified atom stereocenters. The Bertz CT molecular complexity index is 705. The van der Waals surface area contributed by atoms with E-state index in [0.717, 1.165) is 16.9 Å². The largest absolute Gasteiger partial charge is 0.497 e. The lowest BCUT2D eigenvalue weighted by Crippen LogP contribution is -2.45. The molecule has 1 fully saturated rings. The van der Waals surface area contributed by atoms with E-state index in [1.807, 2.05) is 24.3 Å². The maximum Gasteiger partial charge on any atom is 0.224 e. The van der Waals surface area contributed by atoms with Gasteiger partial charge in [-0.15, -0.1) is 0 Å². The van der Waals surface area contributed by atoms with Crippen LogP contribution in [-0.2, 0) is 11.2 Å². The van der Waals surface area contributed by atoms with E-state index in [0.29, 0.717) is 6.42 Å². The van der Waals surface area contributed by atoms with Crippen molar-refractivity contribution in [3.05, 3.63) is 59.9 Å². The molecule has 0 spiro atoms. The molecule has 6 heteroatoms. The number of carbonyl (C=O) groups excluding carboxylic acids is 1. The monoisotopic (exact) mass is 342 g/mol. The van der Waals surface area contributed by atoms with E-state index in [-0.39, 0.29) is 18.2 Å². The van der Waals surface area contributed by atoms with Crippen LogP contribution in [0.2, 0.25) is 0 Å². The Morgan fingerprint density at radius 3 is 2.68 bits per heavy atom. The number of amides is 1. The molecule has 1 aliphatic carbocycles. The Balaban J connectivity index is 1.69. The highest BCUT2D eigenvalue weighted by Gasteiger charge is 2.43. The van der Waals surface area contributed by atoms with E-state index >= 15 is 0 Å². The highest BCUT2D eigenvalue weighted by atomic mass is 16.5. The minimum atomic E-state index is -0.995. The molecule has 2 aromatic rings. The van der Waals surface area contributed by atoms with Crippen LogP contribution in [0, 0.1) is 0 Å². The van der Waals surface area contributed by atoms with Crippen LogP contribution < -0.4 is 10.1 Å². The van der Waals surface area contributed by atoms with Gasteiger partial charge in [-0.3, -0.25) is 9.78 Å². The van der Waals surface area contributed by atoms with Gasteiger partial charge < -0.3 is 20.3 Å². The van der Waals surface area contributed by atoms with E-state index in [1.54, 1.807) is 31.6 Å². The summed E-state index contributed by atoms with van der Waals surface area (Å²) in [5.74, 6) is 0.367. The lowest BCUT2D eigenvalue weighted by molar-refractivity contribution is -0.122. The summed E-state index contributed by atoms with van der Waals surface area (Å²) < 4.78 is 5.10. The number of rotatable bonds is 5. The number of ether oxygens (including phenoxy) is 1. The van der Waals surface area contributed by atoms with Gasteiger partial charge in [-0.2, -0.15) is 0 Å². The number of nitrogens with zero attached hydrogens (tertiary/aromatic N) is 1. The predicted molar refractivity (Wildman–Crippen MR) is 92.2 cm³/mol. The van der Waals surface area contributed by atoms with Crippen LogP contribution in [0.3, 0.4) is 0 Å². The molecule has 1 amide bonds. The third-order valence-corrected chi connectivity index (χ3v) is 4.66. The Morgan fingerprint density at radius 2 is 2.04 bits per heavy atom. The molecule has 132 valence electrons. The summed E-state index contributed by atoms with van der Waals surface area (Å²) in [7, 11) is 1.59. The van der Waals surface area contributed by atoms with E-state index in [4.69, 9.17) is 4.74 Å². The summed E-state index contributed by atoms with van der Waals surface area (Å²) >= 11 is 0. The summed E-state index contributed by atoms with van der Waals surface area (Å²) in [6, 6.07) is 10.4. The average Bonchev–Trinajstić information content (AvgIpc) is 2.91. The standard InChI is InChI=1S/C19H22N2O4/c1-25-14-6-4-12(5-7-14)9-17(23)21-18-15(10-16(22)19(18)24)13-3-2-8-20-11-13/h2-8,11,15-16,18-19,22,24H,9-10H2,1H3,(H,21,23). The lowest BCUT2D eigenvalue weighted by atomic mass is 9.94. The normalized spacial score (nSPS) is 25.6. The summed E-state index contributed by atoms with van der Waals surface area (Å²) in [6.45, 7) is 0. The maximum atomic E-state index is 12.4. The first-order chi connectivity index (χ1) is 12.1. The van der Waals surface area contributed by atoms with Gasteiger partial charge in [0.2, 0.25) is 5.91 Å². The first kappa shape index (κ1) is 17.4. The van der Waals surface area contributed by atoms with Crippen molar-refractivity contribution < 1.29 is 19.7 Å². The molecule has 0 radical (unpaired) electrons. The van der Waals surface area contributed by atoms with Gasteiger partial charge in [-0.25, -0.2) is 0 Å². The molecule has 25 heavy (non-hydrogen) atoms. The van der Waals surface area contributed by atoms with Crippen LogP contribution in [-0.4, -0.2) is 46.5 Å². The molecule has 0 bridgehead atoms. The number of aliphatic hydroxyl groups is 2. The van der Waals surface area contributed by atoms with Gasteiger partial charge in [-0.1, -0.05) is 18.2 Å². The molecular weight excluding hydrogens is 320 g/mol. The average molecular weight is 342 g/mol. The van der Waals surface area contributed by atoms with Crippen molar-refractivity contribution in [1.29, 1.82) is 0 Å². The number of hydrogen-bond donors (Lipinski definition) is 3. The third-order valence-electron chi connectivity index (χ3n) is 4.66. The molecule has 1 aromatic carbocycles. The van der Waals surface area contributed by atoms with E-state index in [9.17, 15) is 15.0 Å². The van der Waals surface area contributed by atoms with Crippen molar-refractivity contribution >= 4 is 5.91 Å². The highest BCUT2D eigenvalue weighted by molar-refractivity contribution is 5.79. The van der Waals surface area contributed by atoms with Crippen LogP contribution in [0.5, 0.6) is 5.75 Å². The Labute approximate surface area is 146 Å². The zero-order valence-corrected chi connectivity index (χ0v) is 14.0. The number of aliphatic hydroxyl groups excluding tert-OH is 2. The van der Waals surface area contributed by atoms with E-state index < -0.39 is 18.2 Å². The van der Waals surface area contributed by atoms with Gasteiger partial charge in [0.1, 0.15) is 11.9 Å². The first-order valence-electron chi connectivity index (χ1n) is 8.27. The minimum Gasteiger partial charge on any atom is -0.497 e. The molecule has 1 aromatic heterocycles. The van der Waals surface area contributed by atoms with Crippen molar-refractivity contribution in [2.24, 2.45) is 0 Å². The molecule has 0 aliphatic heterocycles. The summed E-state index contributed by atoms with van der Waals surface area (Å²) in [4.78, 5) is 16.5. The van der Waals surface area contributed by atoms with Crippen molar-refractivity contribution in [3.63, 3.8) is 0 Å². The number of methoxy groups -OCH3 is 1. The van der Waals surface area contributed by atoms with Gasteiger partial charge >= 0.3 is 0 Å². The number of aromatic nitrogens is 1. The number of carbonyl (C=O) groups is 1. The van der Waals surface area contributed by atoms with Crippen LogP contribution in [0.25, 0.3) is 0 Å². The molecule has 3 rings (SSSR count). The molecule has 1 aliphatic rings. The van der Waals surface area contributed by atoms with Gasteiger partial charge in [0.15, 0.2) is 0 Å². The highest BCUT2D eigenvalue weighted by Crippen LogP contribution is 2.35. The fourth-order valence-electron chi connectivity index (χ4n) is 3.31. The van der Waals surface area contributed by atoms with Crippen molar-refractivity contribution in [3.8, 4) is 5.75 Å². The van der Waals surface area contributed by atoms with Gasteiger partial charge in [0, 0.05) is 18.3 Å². The van der Waals surface area contributed by atoms with E-state index in [1.165, 1.54) is 0 Å². The summed E-state index contributed by atoms with van der Waals surface area (Å²) in [5, 5.41) is 23.2. The van der Waals surface area contributed by atoms with Gasteiger partial charge in [0.05, 0.1) is 25.7 Å². The van der Waals surface area contributed by atoms with Gasteiger partial charge in [0.25, 0.3) is 0 Å². The maximum absolute atomic E-state index is 12.4. The van der Waals surface area contributed by atoms with Crippen molar-refractivity contribution in [2.45, 2.75) is 37.0 Å². The molecule has 3 N–H and O–H groups in total. The number of hydrogen-bond acceptors (Lipinski definition) is 5. The minimum absolute atomic E-state index is 0.168. The SMILES string of the molecule is COc1ccc(CC(=O)NC2C(c3cccnc3)CC(O)C2O)cc1. The molecule has 1 heterocycles. The first-order valence-corrected chi connectivity index (χ1v) is 8.27. The predicted octanol–water partition coefficient (Wildman–Crippen LogP) is 1.03. The Kier molecular flexibility index (Phi) is 5.31. The molecule has 1 saturated carbocycles.